The van der Waals surface area contributed by atoms with Crippen molar-refractivity contribution in [3.05, 3.63) is 70.6 Å². The Morgan fingerprint density at radius 3 is 2.45 bits per heavy atom. The van der Waals surface area contributed by atoms with Crippen LogP contribution in [-0.2, 0) is 13.6 Å². The monoisotopic (exact) mass is 525 g/mol. The lowest BCUT2D eigenvalue weighted by atomic mass is 10.1. The normalized spacial score (nSPS) is 11.7. The van der Waals surface area contributed by atoms with Crippen LogP contribution in [0.1, 0.15) is 5.56 Å². The van der Waals surface area contributed by atoms with Crippen molar-refractivity contribution in [2.75, 3.05) is 20.8 Å². The minimum absolute atomic E-state index is 0.0345. The molecule has 5 rings (SSSR count). The predicted molar refractivity (Wildman–Crippen MR) is 134 cm³/mol. The molecule has 0 atom stereocenters. The van der Waals surface area contributed by atoms with Crippen LogP contribution in [0.2, 0.25) is 0 Å². The fourth-order valence-electron chi connectivity index (χ4n) is 4.12. The second-order valence-electron chi connectivity index (χ2n) is 8.51. The van der Waals surface area contributed by atoms with Gasteiger partial charge in [0.1, 0.15) is 11.2 Å². The van der Waals surface area contributed by atoms with Gasteiger partial charge < -0.3 is 14.2 Å². The standard InChI is InChI=1S/C26H22F3N5O4/c1-33-13-17-6-5-16(11-19(17)32-33)23-25(35)34(12-15-4-8-20(36-2)21(10-15)37-3)24-18(30-23)7-9-22(31-24)38-14-26(27,28)29/h4-11,13H,12,14H2,1-3H3. The quantitative estimate of drug-likeness (QED) is 0.312. The smallest absolute Gasteiger partial charge is 0.422 e. The number of fused-ring (bicyclic) bond motifs is 2. The SMILES string of the molecule is COc1ccc(Cn2c(=O)c(-c3ccc4cn(C)nc4c3)nc3ccc(OCC(F)(F)F)nc32)cc1OC. The van der Waals surface area contributed by atoms with Crippen molar-refractivity contribution in [1.82, 2.24) is 24.3 Å². The topological polar surface area (TPSA) is 93.3 Å². The average Bonchev–Trinajstić information content (AvgIpc) is 3.27. The van der Waals surface area contributed by atoms with E-state index >= 15 is 0 Å². The van der Waals surface area contributed by atoms with Gasteiger partial charge in [-0.1, -0.05) is 18.2 Å². The van der Waals surface area contributed by atoms with Crippen LogP contribution < -0.4 is 19.8 Å². The number of aryl methyl sites for hydroxylation is 1. The molecule has 2 aromatic carbocycles. The molecular weight excluding hydrogens is 503 g/mol. The Hall–Kier alpha value is -4.61. The van der Waals surface area contributed by atoms with Crippen molar-refractivity contribution in [1.29, 1.82) is 0 Å². The highest BCUT2D eigenvalue weighted by molar-refractivity contribution is 5.84. The summed E-state index contributed by atoms with van der Waals surface area (Å²) in [6.07, 6.45) is -2.68. The molecule has 38 heavy (non-hydrogen) atoms. The maximum absolute atomic E-state index is 13.8. The van der Waals surface area contributed by atoms with Crippen LogP contribution in [0, 0.1) is 0 Å². The molecule has 3 heterocycles. The second-order valence-corrected chi connectivity index (χ2v) is 8.51. The van der Waals surface area contributed by atoms with E-state index in [-0.39, 0.29) is 23.8 Å². The molecule has 0 saturated heterocycles. The largest absolute Gasteiger partial charge is 0.493 e. The number of rotatable bonds is 7. The Balaban J connectivity index is 1.67. The molecule has 12 heteroatoms. The van der Waals surface area contributed by atoms with E-state index in [0.29, 0.717) is 33.7 Å². The lowest BCUT2D eigenvalue weighted by Gasteiger charge is -2.15. The third-order valence-corrected chi connectivity index (χ3v) is 5.83. The number of pyridine rings is 1. The van der Waals surface area contributed by atoms with Crippen molar-refractivity contribution < 1.29 is 27.4 Å². The van der Waals surface area contributed by atoms with Crippen LogP contribution in [0.5, 0.6) is 17.4 Å². The lowest BCUT2D eigenvalue weighted by Crippen LogP contribution is -2.25. The van der Waals surface area contributed by atoms with Crippen molar-refractivity contribution in [2.45, 2.75) is 12.7 Å². The van der Waals surface area contributed by atoms with Gasteiger partial charge in [0.15, 0.2) is 23.8 Å². The highest BCUT2D eigenvalue weighted by Gasteiger charge is 2.29. The Morgan fingerprint density at radius 1 is 0.921 bits per heavy atom. The van der Waals surface area contributed by atoms with Crippen LogP contribution in [0.25, 0.3) is 33.3 Å². The van der Waals surface area contributed by atoms with E-state index in [1.807, 2.05) is 12.3 Å². The molecule has 0 aliphatic carbocycles. The molecule has 3 aromatic heterocycles. The molecule has 0 radical (unpaired) electrons. The molecule has 0 N–H and O–H groups in total. The number of methoxy groups -OCH3 is 2. The number of benzene rings is 2. The molecule has 0 fully saturated rings. The van der Waals surface area contributed by atoms with Crippen molar-refractivity contribution in [3.8, 4) is 28.6 Å². The van der Waals surface area contributed by atoms with Gasteiger partial charge in [-0.15, -0.1) is 0 Å². The summed E-state index contributed by atoms with van der Waals surface area (Å²) < 4.78 is 56.7. The summed E-state index contributed by atoms with van der Waals surface area (Å²) in [5.74, 6) is 0.688. The summed E-state index contributed by atoms with van der Waals surface area (Å²) in [7, 11) is 4.80. The molecule has 5 aromatic rings. The van der Waals surface area contributed by atoms with E-state index in [1.54, 1.807) is 42.1 Å². The zero-order chi connectivity index (χ0) is 27.0. The van der Waals surface area contributed by atoms with Gasteiger partial charge in [0, 0.05) is 30.3 Å². The van der Waals surface area contributed by atoms with Gasteiger partial charge in [-0.25, -0.2) is 4.98 Å². The molecule has 196 valence electrons. The second kappa shape index (κ2) is 9.69. The third kappa shape index (κ3) is 4.97. The summed E-state index contributed by atoms with van der Waals surface area (Å²) >= 11 is 0. The molecule has 0 spiro atoms. The van der Waals surface area contributed by atoms with Crippen LogP contribution >= 0.6 is 0 Å². The lowest BCUT2D eigenvalue weighted by molar-refractivity contribution is -0.154. The van der Waals surface area contributed by atoms with Gasteiger partial charge in [0.05, 0.1) is 26.3 Å². The Morgan fingerprint density at radius 2 is 1.71 bits per heavy atom. The van der Waals surface area contributed by atoms with Crippen molar-refractivity contribution in [2.24, 2.45) is 7.05 Å². The van der Waals surface area contributed by atoms with Crippen LogP contribution in [0.15, 0.2) is 59.5 Å². The third-order valence-electron chi connectivity index (χ3n) is 5.83. The highest BCUT2D eigenvalue weighted by atomic mass is 19.4. The van der Waals surface area contributed by atoms with Crippen LogP contribution in [-0.4, -0.2) is 51.3 Å². The van der Waals surface area contributed by atoms with Gasteiger partial charge in [-0.2, -0.15) is 23.3 Å². The number of nitrogens with zero attached hydrogens (tertiary/aromatic N) is 5. The van der Waals surface area contributed by atoms with Gasteiger partial charge in [0.2, 0.25) is 5.88 Å². The van der Waals surface area contributed by atoms with Crippen molar-refractivity contribution in [3.63, 3.8) is 0 Å². The molecule has 0 aliphatic rings. The predicted octanol–water partition coefficient (Wildman–Crippen LogP) is 4.35. The molecule has 0 unspecified atom stereocenters. The van der Waals surface area contributed by atoms with E-state index in [4.69, 9.17) is 14.2 Å². The van der Waals surface area contributed by atoms with Gasteiger partial charge in [-0.05, 0) is 29.8 Å². The van der Waals surface area contributed by atoms with Crippen molar-refractivity contribution >= 4 is 22.1 Å². The molecule has 9 nitrogen and oxygen atoms in total. The fourth-order valence-corrected chi connectivity index (χ4v) is 4.12. The summed E-state index contributed by atoms with van der Waals surface area (Å²) in [4.78, 5) is 22.5. The molecule has 0 bridgehead atoms. The zero-order valence-corrected chi connectivity index (χ0v) is 20.6. The number of ether oxygens (including phenoxy) is 3. The number of alkyl halides is 3. The Bertz CT molecular complexity index is 1710. The first-order valence-corrected chi connectivity index (χ1v) is 11.4. The average molecular weight is 525 g/mol. The zero-order valence-electron chi connectivity index (χ0n) is 20.6. The summed E-state index contributed by atoms with van der Waals surface area (Å²) in [6, 6.07) is 13.3. The van der Waals surface area contributed by atoms with Gasteiger partial charge in [0.25, 0.3) is 5.56 Å². The fraction of sp³-hybridized carbons (Fsp3) is 0.231. The van der Waals surface area contributed by atoms with E-state index in [2.05, 4.69) is 15.1 Å². The number of hydrogen-bond acceptors (Lipinski definition) is 7. The number of aromatic nitrogens is 5. The van der Waals surface area contributed by atoms with Gasteiger partial charge >= 0.3 is 6.18 Å². The minimum Gasteiger partial charge on any atom is -0.493 e. The summed E-state index contributed by atoms with van der Waals surface area (Å²) in [6.45, 7) is -1.48. The minimum atomic E-state index is -4.54. The molecule has 0 aliphatic heterocycles. The molecule has 0 amide bonds. The van der Waals surface area contributed by atoms with E-state index in [0.717, 1.165) is 5.39 Å². The van der Waals surface area contributed by atoms with Gasteiger partial charge in [-0.3, -0.25) is 14.0 Å². The summed E-state index contributed by atoms with van der Waals surface area (Å²) in [5, 5.41) is 5.30. The van der Waals surface area contributed by atoms with Crippen LogP contribution in [0.4, 0.5) is 13.2 Å². The first-order valence-electron chi connectivity index (χ1n) is 11.4. The first-order chi connectivity index (χ1) is 18.1. The van der Waals surface area contributed by atoms with E-state index in [9.17, 15) is 18.0 Å². The number of hydrogen-bond donors (Lipinski definition) is 0. The highest BCUT2D eigenvalue weighted by Crippen LogP contribution is 2.29. The van der Waals surface area contributed by atoms with E-state index in [1.165, 1.54) is 30.9 Å². The maximum Gasteiger partial charge on any atom is 0.422 e. The Labute approximate surface area is 214 Å². The maximum atomic E-state index is 13.8. The first kappa shape index (κ1) is 25.1. The summed E-state index contributed by atoms with van der Waals surface area (Å²) in [5.41, 5.74) is 1.95. The molecular formula is C26H22F3N5O4. The Kier molecular flexibility index (Phi) is 6.39. The number of halogens is 3. The van der Waals surface area contributed by atoms with Crippen LogP contribution in [0.3, 0.4) is 0 Å². The molecule has 0 saturated carbocycles. The van der Waals surface area contributed by atoms with E-state index < -0.39 is 18.3 Å².